The normalized spacial score (nSPS) is 25.0. The molecule has 1 heterocycles. The van der Waals surface area contributed by atoms with Crippen molar-refractivity contribution in [3.63, 3.8) is 0 Å². The summed E-state index contributed by atoms with van der Waals surface area (Å²) in [7, 11) is 1.38. The fourth-order valence-corrected chi connectivity index (χ4v) is 3.23. The van der Waals surface area contributed by atoms with Gasteiger partial charge in [0.2, 0.25) is 5.91 Å². The van der Waals surface area contributed by atoms with E-state index in [0.29, 0.717) is 5.56 Å². The molecule has 1 aliphatic heterocycles. The fraction of sp³-hybridized carbons (Fsp3) is 0.467. The second-order valence-electron chi connectivity index (χ2n) is 5.44. The van der Waals surface area contributed by atoms with Gasteiger partial charge in [0.25, 0.3) is 0 Å². The molecule has 1 fully saturated rings. The van der Waals surface area contributed by atoms with Gasteiger partial charge in [0.05, 0.1) is 18.1 Å². The summed E-state index contributed by atoms with van der Waals surface area (Å²) in [6.07, 6.45) is 3.44. The Hall–Kier alpha value is -1.84. The monoisotopic (exact) mass is 259 g/mol. The lowest BCUT2D eigenvalue weighted by molar-refractivity contribution is -0.128. The van der Waals surface area contributed by atoms with Crippen molar-refractivity contribution in [3.8, 4) is 0 Å². The second kappa shape index (κ2) is 4.37. The van der Waals surface area contributed by atoms with E-state index in [0.717, 1.165) is 37.8 Å². The smallest absolute Gasteiger partial charge is 0.337 e. The molecule has 0 bridgehead atoms. The molecule has 1 spiro atoms. The number of hydrogen-bond donors (Lipinski definition) is 1. The quantitative estimate of drug-likeness (QED) is 0.777. The minimum atomic E-state index is -0.321. The molecule has 4 heteroatoms. The molecule has 1 aromatic rings. The number of carbonyl (C=O) groups excluding carboxylic acids is 2. The first-order chi connectivity index (χ1) is 9.14. The van der Waals surface area contributed by atoms with Crippen LogP contribution in [0.5, 0.6) is 0 Å². The zero-order chi connectivity index (χ0) is 13.5. The van der Waals surface area contributed by atoms with E-state index in [2.05, 4.69) is 5.32 Å². The number of esters is 1. The van der Waals surface area contributed by atoms with Crippen LogP contribution in [0.2, 0.25) is 0 Å². The predicted octanol–water partition coefficient (Wildman–Crippen LogP) is 1.47. The largest absolute Gasteiger partial charge is 0.465 e. The van der Waals surface area contributed by atoms with E-state index in [1.54, 1.807) is 6.07 Å². The van der Waals surface area contributed by atoms with Gasteiger partial charge in [-0.25, -0.2) is 4.79 Å². The molecule has 1 amide bonds. The summed E-state index contributed by atoms with van der Waals surface area (Å²) >= 11 is 0. The van der Waals surface area contributed by atoms with E-state index >= 15 is 0 Å². The van der Waals surface area contributed by atoms with Gasteiger partial charge in [-0.1, -0.05) is 6.07 Å². The molecular formula is C15H17NO3. The molecule has 1 aromatic carbocycles. The number of amides is 1. The van der Waals surface area contributed by atoms with Crippen LogP contribution >= 0.6 is 0 Å². The molecule has 2 aliphatic rings. The van der Waals surface area contributed by atoms with Gasteiger partial charge in [-0.15, -0.1) is 0 Å². The zero-order valence-electron chi connectivity index (χ0n) is 11.0. The number of fused-ring (bicyclic) bond motifs is 1. The van der Waals surface area contributed by atoms with Crippen LogP contribution in [0.3, 0.4) is 0 Å². The van der Waals surface area contributed by atoms with Crippen molar-refractivity contribution in [1.29, 1.82) is 0 Å². The van der Waals surface area contributed by atoms with Crippen molar-refractivity contribution >= 4 is 11.9 Å². The molecule has 100 valence electrons. The second-order valence-corrected chi connectivity index (χ2v) is 5.44. The number of ether oxygens (including phenoxy) is 1. The van der Waals surface area contributed by atoms with Crippen LogP contribution in [0.15, 0.2) is 18.2 Å². The summed E-state index contributed by atoms with van der Waals surface area (Å²) in [5, 5.41) is 2.93. The predicted molar refractivity (Wildman–Crippen MR) is 69.9 cm³/mol. The summed E-state index contributed by atoms with van der Waals surface area (Å²) in [6, 6.07) is 5.67. The van der Waals surface area contributed by atoms with Crippen molar-refractivity contribution in [3.05, 3.63) is 34.9 Å². The van der Waals surface area contributed by atoms with Crippen LogP contribution in [-0.2, 0) is 22.4 Å². The Kier molecular flexibility index (Phi) is 2.81. The van der Waals surface area contributed by atoms with Gasteiger partial charge in [-0.05, 0) is 48.9 Å². The number of aryl methyl sites for hydroxylation is 1. The highest BCUT2D eigenvalue weighted by Gasteiger charge is 2.44. The molecule has 19 heavy (non-hydrogen) atoms. The van der Waals surface area contributed by atoms with Crippen molar-refractivity contribution in [2.75, 3.05) is 13.7 Å². The summed E-state index contributed by atoms with van der Waals surface area (Å²) < 4.78 is 4.75. The topological polar surface area (TPSA) is 55.4 Å². The van der Waals surface area contributed by atoms with E-state index in [1.807, 2.05) is 12.1 Å². The molecule has 0 aromatic heterocycles. The lowest BCUT2D eigenvalue weighted by Crippen LogP contribution is -2.36. The third kappa shape index (κ3) is 1.91. The lowest BCUT2D eigenvalue weighted by Gasteiger charge is -2.32. The van der Waals surface area contributed by atoms with Gasteiger partial charge in [-0.3, -0.25) is 4.79 Å². The molecule has 1 aliphatic carbocycles. The number of nitrogens with one attached hydrogen (secondary N) is 1. The van der Waals surface area contributed by atoms with Crippen LogP contribution in [0.4, 0.5) is 0 Å². The Balaban J connectivity index is 1.95. The van der Waals surface area contributed by atoms with E-state index in [4.69, 9.17) is 4.74 Å². The highest BCUT2D eigenvalue weighted by atomic mass is 16.5. The van der Waals surface area contributed by atoms with Crippen molar-refractivity contribution in [2.45, 2.75) is 25.7 Å². The average Bonchev–Trinajstić information content (AvgIpc) is 2.78. The number of carbonyl (C=O) groups is 2. The lowest BCUT2D eigenvalue weighted by atomic mass is 9.70. The molecule has 1 N–H and O–H groups in total. The molecule has 4 nitrogen and oxygen atoms in total. The summed E-state index contributed by atoms with van der Waals surface area (Å²) in [6.45, 7) is 0.769. The van der Waals surface area contributed by atoms with Gasteiger partial charge in [0.15, 0.2) is 0 Å². The molecule has 1 atom stereocenters. The Morgan fingerprint density at radius 2 is 2.16 bits per heavy atom. The van der Waals surface area contributed by atoms with Gasteiger partial charge in [-0.2, -0.15) is 0 Å². The number of methoxy groups -OCH3 is 1. The van der Waals surface area contributed by atoms with Crippen molar-refractivity contribution < 1.29 is 14.3 Å². The Morgan fingerprint density at radius 1 is 1.32 bits per heavy atom. The highest BCUT2D eigenvalue weighted by molar-refractivity contribution is 5.90. The number of hydrogen-bond acceptors (Lipinski definition) is 3. The first-order valence-electron chi connectivity index (χ1n) is 6.63. The Morgan fingerprint density at radius 3 is 2.84 bits per heavy atom. The zero-order valence-corrected chi connectivity index (χ0v) is 11.0. The van der Waals surface area contributed by atoms with Gasteiger partial charge >= 0.3 is 5.97 Å². The van der Waals surface area contributed by atoms with E-state index in [9.17, 15) is 9.59 Å². The van der Waals surface area contributed by atoms with Gasteiger partial charge in [0, 0.05) is 6.54 Å². The van der Waals surface area contributed by atoms with Crippen LogP contribution in [0.25, 0.3) is 0 Å². The SMILES string of the molecule is COC(=O)c1ccc2c(c1)C[C@]1(CCNC1=O)CC2. The van der Waals surface area contributed by atoms with Crippen LogP contribution in [0.1, 0.15) is 34.3 Å². The Bertz CT molecular complexity index is 552. The number of benzene rings is 1. The summed E-state index contributed by atoms with van der Waals surface area (Å²) in [5.74, 6) is -0.153. The van der Waals surface area contributed by atoms with Crippen molar-refractivity contribution in [1.82, 2.24) is 5.32 Å². The molecule has 0 saturated carbocycles. The summed E-state index contributed by atoms with van der Waals surface area (Å²) in [5.41, 5.74) is 2.68. The number of rotatable bonds is 1. The standard InChI is InChI=1S/C15H17NO3/c1-19-13(17)11-3-2-10-4-5-15(9-12(10)8-11)6-7-16-14(15)18/h2-3,8H,4-7,9H2,1H3,(H,16,18)/t15-/m1/s1. The van der Waals surface area contributed by atoms with E-state index in [-0.39, 0.29) is 17.3 Å². The van der Waals surface area contributed by atoms with E-state index < -0.39 is 0 Å². The van der Waals surface area contributed by atoms with E-state index in [1.165, 1.54) is 12.7 Å². The highest BCUT2D eigenvalue weighted by Crippen LogP contribution is 2.41. The molecular weight excluding hydrogens is 242 g/mol. The van der Waals surface area contributed by atoms with Gasteiger partial charge < -0.3 is 10.1 Å². The summed E-state index contributed by atoms with van der Waals surface area (Å²) in [4.78, 5) is 23.6. The Labute approximate surface area is 112 Å². The maximum absolute atomic E-state index is 12.0. The minimum absolute atomic E-state index is 0.168. The maximum atomic E-state index is 12.0. The first-order valence-corrected chi connectivity index (χ1v) is 6.63. The van der Waals surface area contributed by atoms with Crippen LogP contribution in [0, 0.1) is 5.41 Å². The third-order valence-corrected chi connectivity index (χ3v) is 4.40. The molecule has 1 saturated heterocycles. The van der Waals surface area contributed by atoms with Gasteiger partial charge in [0.1, 0.15) is 0 Å². The maximum Gasteiger partial charge on any atom is 0.337 e. The van der Waals surface area contributed by atoms with Crippen LogP contribution in [-0.4, -0.2) is 25.5 Å². The van der Waals surface area contributed by atoms with Crippen molar-refractivity contribution in [2.24, 2.45) is 5.41 Å². The molecule has 0 radical (unpaired) electrons. The first kappa shape index (κ1) is 12.2. The minimum Gasteiger partial charge on any atom is -0.465 e. The molecule has 3 rings (SSSR count). The van der Waals surface area contributed by atoms with Crippen LogP contribution < -0.4 is 5.32 Å². The average molecular weight is 259 g/mol. The molecule has 0 unspecified atom stereocenters. The fourth-order valence-electron chi connectivity index (χ4n) is 3.23. The third-order valence-electron chi connectivity index (χ3n) is 4.40.